The van der Waals surface area contributed by atoms with E-state index in [0.717, 1.165) is 0 Å². The number of rotatable bonds is 0. The molecule has 1 aliphatic heterocycles. The lowest BCUT2D eigenvalue weighted by Crippen LogP contribution is -2.09. The van der Waals surface area contributed by atoms with E-state index in [-0.39, 0.29) is 5.96 Å². The number of carbonyl (C=O) groups is 1. The van der Waals surface area contributed by atoms with Crippen LogP contribution in [0.1, 0.15) is 0 Å². The van der Waals surface area contributed by atoms with Crippen LogP contribution in [0.4, 0.5) is 4.79 Å². The van der Waals surface area contributed by atoms with Crippen molar-refractivity contribution in [2.24, 2.45) is 21.5 Å². The van der Waals surface area contributed by atoms with Gasteiger partial charge in [-0.1, -0.05) is 0 Å². The van der Waals surface area contributed by atoms with Gasteiger partial charge in [-0.25, -0.2) is 9.79 Å². The first-order valence-electron chi connectivity index (χ1n) is 2.47. The van der Waals surface area contributed by atoms with E-state index in [9.17, 15) is 0 Å². The minimum absolute atomic E-state index is 0.0162. The quantitative estimate of drug-likeness (QED) is 0.358. The molecule has 0 fully saturated rings. The van der Waals surface area contributed by atoms with Gasteiger partial charge in [-0.3, -0.25) is 5.41 Å². The average molecular weight is 157 g/mol. The van der Waals surface area contributed by atoms with Gasteiger partial charge in [0.15, 0.2) is 0 Å². The molecular weight excluding hydrogens is 150 g/mol. The Hall–Kier alpha value is -1.92. The van der Waals surface area contributed by atoms with E-state index >= 15 is 0 Å². The fourth-order valence-corrected chi connectivity index (χ4v) is 0.307. The van der Waals surface area contributed by atoms with Crippen LogP contribution in [0.25, 0.3) is 0 Å². The van der Waals surface area contributed by atoms with Crippen LogP contribution < -0.4 is 11.5 Å². The van der Waals surface area contributed by atoms with Crippen LogP contribution in [0.15, 0.2) is 9.98 Å². The standard InChI is InChI=1S/C3H4N4.CH3NO2/c4-2-1-6-3(5)7-2;2-1(3)4/h1H,(H3,4,5,7);2H2,(H,3,4). The van der Waals surface area contributed by atoms with Gasteiger partial charge >= 0.3 is 6.09 Å². The van der Waals surface area contributed by atoms with Gasteiger partial charge in [-0.2, -0.15) is 4.99 Å². The van der Waals surface area contributed by atoms with Gasteiger partial charge in [0, 0.05) is 0 Å². The average Bonchev–Trinajstić information content (AvgIpc) is 2.13. The molecule has 0 unspecified atom stereocenters. The molecule has 11 heavy (non-hydrogen) atoms. The molecule has 0 aromatic heterocycles. The van der Waals surface area contributed by atoms with Crippen molar-refractivity contribution in [2.75, 3.05) is 0 Å². The summed E-state index contributed by atoms with van der Waals surface area (Å²) in [5.41, 5.74) is 9.11. The van der Waals surface area contributed by atoms with Crippen molar-refractivity contribution in [3.05, 3.63) is 0 Å². The Morgan fingerprint density at radius 2 is 2.18 bits per heavy atom. The van der Waals surface area contributed by atoms with E-state index in [1.54, 1.807) is 0 Å². The third kappa shape index (κ3) is 5.96. The number of aliphatic imine (C=N–C) groups is 2. The second-order valence-corrected chi connectivity index (χ2v) is 1.46. The molecule has 1 aliphatic rings. The highest BCUT2D eigenvalue weighted by Crippen LogP contribution is 1.83. The van der Waals surface area contributed by atoms with Crippen molar-refractivity contribution in [3.8, 4) is 0 Å². The summed E-state index contributed by atoms with van der Waals surface area (Å²) in [6.45, 7) is 0. The van der Waals surface area contributed by atoms with Gasteiger partial charge < -0.3 is 16.6 Å². The molecule has 0 aromatic rings. The Balaban J connectivity index is 0.000000218. The van der Waals surface area contributed by atoms with Crippen LogP contribution in [0.2, 0.25) is 0 Å². The first-order valence-corrected chi connectivity index (χ1v) is 2.47. The summed E-state index contributed by atoms with van der Waals surface area (Å²) in [4.78, 5) is 15.7. The fourth-order valence-electron chi connectivity index (χ4n) is 0.307. The van der Waals surface area contributed by atoms with Gasteiger partial charge in [-0.15, -0.1) is 0 Å². The van der Waals surface area contributed by atoms with Crippen LogP contribution in [0, 0.1) is 5.41 Å². The molecule has 7 heteroatoms. The number of amidine groups is 1. The fraction of sp³-hybridized carbons (Fsp3) is 0. The van der Waals surface area contributed by atoms with Crippen molar-refractivity contribution >= 4 is 24.1 Å². The van der Waals surface area contributed by atoms with Crippen LogP contribution in [0.3, 0.4) is 0 Å². The number of nitrogens with two attached hydrogens (primary N) is 2. The third-order valence-corrected chi connectivity index (χ3v) is 0.554. The number of nitrogens with zero attached hydrogens (tertiary/aromatic N) is 2. The maximum absolute atomic E-state index is 8.78. The van der Waals surface area contributed by atoms with Crippen molar-refractivity contribution in [3.63, 3.8) is 0 Å². The smallest absolute Gasteiger partial charge is 0.402 e. The highest BCUT2D eigenvalue weighted by atomic mass is 16.4. The lowest BCUT2D eigenvalue weighted by Gasteiger charge is -1.73. The zero-order valence-corrected chi connectivity index (χ0v) is 5.48. The molecule has 0 saturated heterocycles. The van der Waals surface area contributed by atoms with Crippen molar-refractivity contribution in [1.82, 2.24) is 0 Å². The summed E-state index contributed by atoms with van der Waals surface area (Å²) >= 11 is 0. The maximum atomic E-state index is 8.78. The monoisotopic (exact) mass is 157 g/mol. The third-order valence-electron chi connectivity index (χ3n) is 0.554. The minimum atomic E-state index is -1.33. The number of hydrogen-bond donors (Lipinski definition) is 4. The minimum Gasteiger partial charge on any atom is -0.465 e. The first-order chi connectivity index (χ1) is 5.02. The van der Waals surface area contributed by atoms with Gasteiger partial charge in [0.25, 0.3) is 0 Å². The predicted molar refractivity (Wildman–Crippen MR) is 40.1 cm³/mol. The molecule has 0 bridgehead atoms. The summed E-state index contributed by atoms with van der Waals surface area (Å²) < 4.78 is 0. The number of primary amides is 1. The van der Waals surface area contributed by atoms with E-state index in [0.29, 0.717) is 5.84 Å². The molecule has 0 saturated carbocycles. The molecule has 6 N–H and O–H groups in total. The van der Waals surface area contributed by atoms with Crippen molar-refractivity contribution in [2.45, 2.75) is 0 Å². The second-order valence-electron chi connectivity index (χ2n) is 1.46. The van der Waals surface area contributed by atoms with Crippen molar-refractivity contribution < 1.29 is 9.90 Å². The van der Waals surface area contributed by atoms with Crippen LogP contribution >= 0.6 is 0 Å². The number of amides is 1. The molecule has 7 nitrogen and oxygen atoms in total. The maximum Gasteiger partial charge on any atom is 0.402 e. The Labute approximate surface area is 61.9 Å². The lowest BCUT2D eigenvalue weighted by atomic mass is 10.7. The number of carboxylic acid groups (broad SMARTS) is 1. The Kier molecular flexibility index (Phi) is 3.29. The first kappa shape index (κ1) is 9.08. The normalized spacial score (nSPS) is 13.5. The van der Waals surface area contributed by atoms with Crippen LogP contribution in [-0.2, 0) is 0 Å². The van der Waals surface area contributed by atoms with E-state index in [2.05, 4.69) is 15.7 Å². The van der Waals surface area contributed by atoms with Crippen LogP contribution in [0.5, 0.6) is 0 Å². The molecule has 1 amide bonds. The van der Waals surface area contributed by atoms with Gasteiger partial charge in [0.1, 0.15) is 5.84 Å². The second kappa shape index (κ2) is 3.99. The summed E-state index contributed by atoms with van der Waals surface area (Å²) in [5, 5.41) is 13.9. The Morgan fingerprint density at radius 1 is 1.73 bits per heavy atom. The summed E-state index contributed by atoms with van der Waals surface area (Å²) in [5.74, 6) is 0.294. The Bertz CT molecular complexity index is 227. The summed E-state index contributed by atoms with van der Waals surface area (Å²) in [7, 11) is 0. The molecule has 0 radical (unpaired) electrons. The zero-order valence-electron chi connectivity index (χ0n) is 5.48. The molecule has 1 rings (SSSR count). The highest BCUT2D eigenvalue weighted by Gasteiger charge is 1.96. The molecule has 0 aliphatic carbocycles. The summed E-state index contributed by atoms with van der Waals surface area (Å²) in [6.07, 6.45) is 0.0162. The van der Waals surface area contributed by atoms with E-state index in [4.69, 9.17) is 21.0 Å². The molecule has 60 valence electrons. The number of nitrogens with one attached hydrogen (secondary N) is 1. The van der Waals surface area contributed by atoms with Gasteiger partial charge in [0.05, 0.1) is 6.21 Å². The van der Waals surface area contributed by atoms with E-state index in [1.807, 2.05) is 0 Å². The topological polar surface area (TPSA) is 138 Å². The van der Waals surface area contributed by atoms with E-state index in [1.165, 1.54) is 6.21 Å². The van der Waals surface area contributed by atoms with Gasteiger partial charge in [-0.05, 0) is 0 Å². The molecule has 1 heterocycles. The van der Waals surface area contributed by atoms with E-state index < -0.39 is 6.09 Å². The largest absolute Gasteiger partial charge is 0.465 e. The molecule has 0 spiro atoms. The zero-order chi connectivity index (χ0) is 8.85. The van der Waals surface area contributed by atoms with Crippen LogP contribution in [-0.4, -0.2) is 29.2 Å². The predicted octanol–water partition coefficient (Wildman–Crippen LogP) is -1.01. The number of hydrogen-bond acceptors (Lipinski definition) is 3. The summed E-state index contributed by atoms with van der Waals surface area (Å²) in [6, 6.07) is 0. The Morgan fingerprint density at radius 3 is 2.27 bits per heavy atom. The number of guanidine groups is 1. The van der Waals surface area contributed by atoms with Crippen molar-refractivity contribution in [1.29, 1.82) is 5.41 Å². The SMILES string of the molecule is N=C1N=CC(N)=N1.NC(=O)O. The molecule has 0 aromatic carbocycles. The lowest BCUT2D eigenvalue weighted by molar-refractivity contribution is 0.205. The molecule has 0 atom stereocenters. The molecular formula is C4H7N5O2. The van der Waals surface area contributed by atoms with Gasteiger partial charge in [0.2, 0.25) is 5.96 Å². The highest BCUT2D eigenvalue weighted by molar-refractivity contribution is 6.35.